The minimum absolute atomic E-state index is 0.285. The lowest BCUT2D eigenvalue weighted by Gasteiger charge is -2.11. The third kappa shape index (κ3) is 3.92. The lowest BCUT2D eigenvalue weighted by Crippen LogP contribution is -2.05. The van der Waals surface area contributed by atoms with Gasteiger partial charge in [0, 0.05) is 18.0 Å². The van der Waals surface area contributed by atoms with Crippen LogP contribution in [0, 0.1) is 12.7 Å². The van der Waals surface area contributed by atoms with Crippen LogP contribution in [0.2, 0.25) is 5.02 Å². The number of imidazole rings is 1. The Kier molecular flexibility index (Phi) is 4.93. The second-order valence-corrected chi connectivity index (χ2v) is 6.34. The van der Waals surface area contributed by atoms with Gasteiger partial charge in [0.15, 0.2) is 28.8 Å². The standard InChI is InChI=1S/C18H12ClF3N6O/c1-9-25-17-13(4-10(19)6-24-17)28(9)16-8-23-7-15(27-16)26-11-2-3-14(12(20)5-11)29-18(21)22/h2-8,18H,1H3,(H,26,27). The molecule has 0 spiro atoms. The Hall–Kier alpha value is -3.40. The fourth-order valence-corrected chi connectivity index (χ4v) is 2.93. The van der Waals surface area contributed by atoms with E-state index in [9.17, 15) is 13.2 Å². The molecule has 0 aliphatic rings. The quantitative estimate of drug-likeness (QED) is 0.506. The normalized spacial score (nSPS) is 11.2. The predicted octanol–water partition coefficient (Wildman–Crippen LogP) is 4.66. The Bertz CT molecular complexity index is 1200. The van der Waals surface area contributed by atoms with Crippen LogP contribution in [0.5, 0.6) is 5.75 Å². The van der Waals surface area contributed by atoms with E-state index in [1.54, 1.807) is 17.6 Å². The number of alkyl halides is 2. The van der Waals surface area contributed by atoms with Crippen molar-refractivity contribution in [1.29, 1.82) is 0 Å². The lowest BCUT2D eigenvalue weighted by atomic mass is 10.3. The largest absolute Gasteiger partial charge is 0.432 e. The number of halogens is 4. The van der Waals surface area contributed by atoms with Crippen molar-refractivity contribution in [2.24, 2.45) is 0 Å². The van der Waals surface area contributed by atoms with Gasteiger partial charge >= 0.3 is 6.61 Å². The lowest BCUT2D eigenvalue weighted by molar-refractivity contribution is -0.0521. The van der Waals surface area contributed by atoms with E-state index < -0.39 is 18.2 Å². The van der Waals surface area contributed by atoms with Gasteiger partial charge in [0.05, 0.1) is 22.9 Å². The molecule has 0 amide bonds. The summed E-state index contributed by atoms with van der Waals surface area (Å²) < 4.78 is 44.2. The molecule has 0 radical (unpaired) electrons. The third-order valence-electron chi connectivity index (χ3n) is 3.92. The van der Waals surface area contributed by atoms with E-state index in [1.807, 2.05) is 0 Å². The van der Waals surface area contributed by atoms with Crippen LogP contribution in [0.3, 0.4) is 0 Å². The summed E-state index contributed by atoms with van der Waals surface area (Å²) in [5.41, 5.74) is 1.44. The Morgan fingerprint density at radius 2 is 1.97 bits per heavy atom. The summed E-state index contributed by atoms with van der Waals surface area (Å²) in [6.07, 6.45) is 4.46. The van der Waals surface area contributed by atoms with Crippen molar-refractivity contribution in [2.75, 3.05) is 5.32 Å². The first-order chi connectivity index (χ1) is 13.9. The van der Waals surface area contributed by atoms with Gasteiger partial charge < -0.3 is 10.1 Å². The molecule has 11 heteroatoms. The van der Waals surface area contributed by atoms with Crippen molar-refractivity contribution < 1.29 is 17.9 Å². The number of pyridine rings is 1. The van der Waals surface area contributed by atoms with Crippen LogP contribution >= 0.6 is 11.6 Å². The van der Waals surface area contributed by atoms with Gasteiger partial charge in [-0.3, -0.25) is 9.55 Å². The topological polar surface area (TPSA) is 77.8 Å². The highest BCUT2D eigenvalue weighted by molar-refractivity contribution is 6.31. The summed E-state index contributed by atoms with van der Waals surface area (Å²) in [5, 5.41) is 3.32. The molecule has 7 nitrogen and oxygen atoms in total. The van der Waals surface area contributed by atoms with Crippen LogP contribution in [0.1, 0.15) is 5.82 Å². The Morgan fingerprint density at radius 1 is 1.14 bits per heavy atom. The van der Waals surface area contributed by atoms with E-state index in [4.69, 9.17) is 11.6 Å². The summed E-state index contributed by atoms with van der Waals surface area (Å²) in [7, 11) is 0. The van der Waals surface area contributed by atoms with Crippen molar-refractivity contribution in [3.8, 4) is 11.6 Å². The number of fused-ring (bicyclic) bond motifs is 1. The van der Waals surface area contributed by atoms with Crippen molar-refractivity contribution in [1.82, 2.24) is 24.5 Å². The van der Waals surface area contributed by atoms with Gasteiger partial charge in [-0.25, -0.2) is 19.3 Å². The number of hydrogen-bond acceptors (Lipinski definition) is 6. The molecule has 0 aliphatic heterocycles. The highest BCUT2D eigenvalue weighted by Crippen LogP contribution is 2.26. The molecule has 29 heavy (non-hydrogen) atoms. The van der Waals surface area contributed by atoms with E-state index in [2.05, 4.69) is 30.0 Å². The number of aromatic nitrogens is 5. The van der Waals surface area contributed by atoms with Gasteiger partial charge in [-0.2, -0.15) is 8.78 Å². The maximum absolute atomic E-state index is 13.9. The van der Waals surface area contributed by atoms with Crippen LogP contribution in [0.25, 0.3) is 17.0 Å². The molecular formula is C18H12ClF3N6O. The summed E-state index contributed by atoms with van der Waals surface area (Å²) in [6.45, 7) is -1.32. The molecule has 0 atom stereocenters. The van der Waals surface area contributed by atoms with Crippen molar-refractivity contribution in [2.45, 2.75) is 13.5 Å². The number of nitrogens with zero attached hydrogens (tertiary/aromatic N) is 5. The number of nitrogens with one attached hydrogen (secondary N) is 1. The fraction of sp³-hybridized carbons (Fsp3) is 0.111. The van der Waals surface area contributed by atoms with Gasteiger partial charge in [0.1, 0.15) is 5.82 Å². The van der Waals surface area contributed by atoms with Crippen LogP contribution in [-0.2, 0) is 0 Å². The minimum Gasteiger partial charge on any atom is -0.432 e. The van der Waals surface area contributed by atoms with Crippen LogP contribution in [0.15, 0.2) is 42.9 Å². The first-order valence-electron chi connectivity index (χ1n) is 8.25. The molecule has 3 heterocycles. The second kappa shape index (κ2) is 7.55. The number of hydrogen-bond donors (Lipinski definition) is 1. The molecule has 0 saturated heterocycles. The van der Waals surface area contributed by atoms with Gasteiger partial charge in [0.25, 0.3) is 0 Å². The molecule has 0 unspecified atom stereocenters. The van der Waals surface area contributed by atoms with E-state index in [0.29, 0.717) is 33.6 Å². The highest BCUT2D eigenvalue weighted by Gasteiger charge is 2.14. The summed E-state index contributed by atoms with van der Waals surface area (Å²) in [6, 6.07) is 5.22. The first-order valence-corrected chi connectivity index (χ1v) is 8.63. The molecule has 4 rings (SSSR count). The zero-order valence-electron chi connectivity index (χ0n) is 14.8. The van der Waals surface area contributed by atoms with Crippen LogP contribution in [-0.4, -0.2) is 31.1 Å². The van der Waals surface area contributed by atoms with E-state index >= 15 is 0 Å². The molecule has 4 aromatic rings. The predicted molar refractivity (Wildman–Crippen MR) is 101 cm³/mol. The molecule has 0 bridgehead atoms. The zero-order chi connectivity index (χ0) is 20.5. The van der Waals surface area contributed by atoms with Gasteiger partial charge in [0.2, 0.25) is 0 Å². The van der Waals surface area contributed by atoms with E-state index in [0.717, 1.165) is 12.1 Å². The van der Waals surface area contributed by atoms with E-state index in [1.165, 1.54) is 24.7 Å². The number of rotatable bonds is 5. The molecule has 0 fully saturated rings. The summed E-state index contributed by atoms with van der Waals surface area (Å²) in [4.78, 5) is 17.1. The van der Waals surface area contributed by atoms with Crippen molar-refractivity contribution in [3.63, 3.8) is 0 Å². The average Bonchev–Trinajstić information content (AvgIpc) is 2.99. The average molecular weight is 421 g/mol. The van der Waals surface area contributed by atoms with E-state index in [-0.39, 0.29) is 5.69 Å². The van der Waals surface area contributed by atoms with Crippen molar-refractivity contribution >= 4 is 34.3 Å². The Labute approximate surface area is 167 Å². The molecule has 3 aromatic heterocycles. The molecular weight excluding hydrogens is 409 g/mol. The maximum Gasteiger partial charge on any atom is 0.387 e. The van der Waals surface area contributed by atoms with Crippen molar-refractivity contribution in [3.05, 3.63) is 59.5 Å². The number of ether oxygens (including phenoxy) is 1. The monoisotopic (exact) mass is 420 g/mol. The highest BCUT2D eigenvalue weighted by atomic mass is 35.5. The number of aryl methyl sites for hydroxylation is 1. The van der Waals surface area contributed by atoms with Gasteiger partial charge in [-0.05, 0) is 25.1 Å². The Balaban J connectivity index is 1.66. The molecule has 0 saturated carbocycles. The smallest absolute Gasteiger partial charge is 0.387 e. The Morgan fingerprint density at radius 3 is 2.72 bits per heavy atom. The van der Waals surface area contributed by atoms with Gasteiger partial charge in [-0.1, -0.05) is 11.6 Å². The third-order valence-corrected chi connectivity index (χ3v) is 4.12. The second-order valence-electron chi connectivity index (χ2n) is 5.90. The number of benzene rings is 1. The zero-order valence-corrected chi connectivity index (χ0v) is 15.5. The fourth-order valence-electron chi connectivity index (χ4n) is 2.78. The van der Waals surface area contributed by atoms with Gasteiger partial charge in [-0.15, -0.1) is 0 Å². The summed E-state index contributed by atoms with van der Waals surface area (Å²) in [5.74, 6) is -0.106. The molecule has 1 N–H and O–H groups in total. The summed E-state index contributed by atoms with van der Waals surface area (Å²) >= 11 is 6.04. The molecule has 148 valence electrons. The first kappa shape index (κ1) is 18.9. The molecule has 1 aromatic carbocycles. The minimum atomic E-state index is -3.11. The van der Waals surface area contributed by atoms with Crippen LogP contribution < -0.4 is 10.1 Å². The SMILES string of the molecule is Cc1nc2ncc(Cl)cc2n1-c1cncc(Nc2ccc(OC(F)F)c(F)c2)n1. The van der Waals surface area contributed by atoms with Crippen LogP contribution in [0.4, 0.5) is 24.7 Å². The number of anilines is 2. The maximum atomic E-state index is 13.9. The molecule has 0 aliphatic carbocycles.